The van der Waals surface area contributed by atoms with Crippen LogP contribution in [0.5, 0.6) is 0 Å². The number of nitrogens with two attached hydrogens (primary N) is 1. The van der Waals surface area contributed by atoms with Crippen molar-refractivity contribution in [2.45, 2.75) is 12.8 Å². The van der Waals surface area contributed by atoms with Crippen LogP contribution in [-0.2, 0) is 19.2 Å². The van der Waals surface area contributed by atoms with Gasteiger partial charge in [0.05, 0.1) is 0 Å². The summed E-state index contributed by atoms with van der Waals surface area (Å²) in [4.78, 5) is 44.0. The fourth-order valence-corrected chi connectivity index (χ4v) is 2.23. The van der Waals surface area contributed by atoms with Crippen molar-refractivity contribution >= 4 is 41.7 Å². The molecule has 0 atom stereocenters. The van der Waals surface area contributed by atoms with Crippen molar-refractivity contribution in [1.82, 2.24) is 5.32 Å². The Morgan fingerprint density at radius 2 is 1.42 bits per heavy atom. The molecule has 0 spiro atoms. The van der Waals surface area contributed by atoms with E-state index in [1.807, 2.05) is 42.1 Å². The molecule has 1 aromatic rings. The van der Waals surface area contributed by atoms with Gasteiger partial charge < -0.3 is 11.1 Å². The lowest BCUT2D eigenvalue weighted by Gasteiger charge is -2.03. The number of carbonyl (C=O) groups is 1. The molecule has 1 rings (SSSR count). The van der Waals surface area contributed by atoms with Crippen LogP contribution < -0.4 is 11.1 Å². The Kier molecular flexibility index (Phi) is 31.0. The van der Waals surface area contributed by atoms with Gasteiger partial charge in [0.2, 0.25) is 0 Å². The average Bonchev–Trinajstić information content (AvgIpc) is 2.66. The third-order valence-corrected chi connectivity index (χ3v) is 3.79. The lowest BCUT2D eigenvalue weighted by molar-refractivity contribution is -0.193. The fraction of sp³-hybridized carbons (Fsp3) is 0.471. The third kappa shape index (κ3) is 27.0. The van der Waals surface area contributed by atoms with Gasteiger partial charge in [-0.05, 0) is 55.5 Å². The highest BCUT2D eigenvalue weighted by atomic mass is 32.2. The van der Waals surface area contributed by atoms with E-state index in [-0.39, 0.29) is 18.2 Å². The summed E-state index contributed by atoms with van der Waals surface area (Å²) in [7, 11) is 0. The predicted octanol–water partition coefficient (Wildman–Crippen LogP) is 1.70. The molecule has 146 valence electrons. The normalized spacial score (nSPS) is 7.96. The maximum absolute atomic E-state index is 11.5. The van der Waals surface area contributed by atoms with E-state index in [1.165, 1.54) is 5.75 Å². The van der Waals surface area contributed by atoms with Crippen LogP contribution in [0.25, 0.3) is 0 Å². The highest BCUT2D eigenvalue weighted by molar-refractivity contribution is 7.98. The first kappa shape index (κ1) is 28.9. The quantitative estimate of drug-likeness (QED) is 0.630. The van der Waals surface area contributed by atoms with Crippen molar-refractivity contribution in [3.63, 3.8) is 0 Å². The Labute approximate surface area is 162 Å². The Bertz CT molecular complexity index is 473. The van der Waals surface area contributed by atoms with Crippen molar-refractivity contribution in [3.05, 3.63) is 35.9 Å². The van der Waals surface area contributed by atoms with E-state index >= 15 is 0 Å². The monoisotopic (exact) mass is 402 g/mol. The first-order valence-corrected chi connectivity index (χ1v) is 10.4. The van der Waals surface area contributed by atoms with Gasteiger partial charge in [-0.1, -0.05) is 18.2 Å². The van der Waals surface area contributed by atoms with E-state index in [2.05, 4.69) is 17.8 Å². The Morgan fingerprint density at radius 1 is 0.962 bits per heavy atom. The van der Waals surface area contributed by atoms with Crippen LogP contribution in [0.15, 0.2) is 30.3 Å². The second kappa shape index (κ2) is 27.9. The van der Waals surface area contributed by atoms with Gasteiger partial charge in [0.1, 0.15) is 0 Å². The van der Waals surface area contributed by atoms with Crippen LogP contribution in [0.4, 0.5) is 0 Å². The molecule has 0 saturated heterocycles. The van der Waals surface area contributed by atoms with Crippen molar-refractivity contribution in [1.29, 1.82) is 0 Å². The number of hydrogen-bond acceptors (Lipinski definition) is 8. The van der Waals surface area contributed by atoms with E-state index in [1.54, 1.807) is 11.8 Å². The molecule has 0 heterocycles. The smallest absolute Gasteiger partial charge is 0.352 e. The zero-order valence-electron chi connectivity index (χ0n) is 15.1. The van der Waals surface area contributed by atoms with Gasteiger partial charge in [0.15, 0.2) is 0 Å². The summed E-state index contributed by atoms with van der Waals surface area (Å²) in [6.45, 7) is 1.59. The summed E-state index contributed by atoms with van der Waals surface area (Å²) >= 11 is 3.64. The summed E-state index contributed by atoms with van der Waals surface area (Å²) in [5, 5.41) is 2.88. The molecule has 0 saturated carbocycles. The van der Waals surface area contributed by atoms with Gasteiger partial charge in [0.25, 0.3) is 5.91 Å². The summed E-state index contributed by atoms with van der Waals surface area (Å²) < 4.78 is 0. The van der Waals surface area contributed by atoms with Gasteiger partial charge in [0, 0.05) is 12.1 Å². The topological polar surface area (TPSA) is 123 Å². The third-order valence-electron chi connectivity index (χ3n) is 2.40. The Morgan fingerprint density at radius 3 is 1.81 bits per heavy atom. The first-order chi connectivity index (χ1) is 12.6. The SMILES string of the molecule is CSCCCN.CSCCCNC(=O)c1ccccc1.O=C=O.O=C=O. The van der Waals surface area contributed by atoms with Crippen LogP contribution in [0.2, 0.25) is 0 Å². The van der Waals surface area contributed by atoms with Crippen LogP contribution in [-0.4, -0.2) is 55.3 Å². The maximum Gasteiger partial charge on any atom is 0.373 e. The van der Waals surface area contributed by atoms with Gasteiger partial charge in [-0.3, -0.25) is 4.79 Å². The second-order valence-electron chi connectivity index (χ2n) is 4.27. The standard InChI is InChI=1S/C11H15NOS.C4H11NS.2CO2/c1-14-9-5-8-12-11(13)10-6-3-2-4-7-10;1-6-4-2-3-5;2*2-1-3/h2-4,6-7H,5,8-9H2,1H3,(H,12,13);2-5H2,1H3;;. The number of amides is 1. The number of nitrogens with one attached hydrogen (secondary N) is 1. The van der Waals surface area contributed by atoms with E-state index in [0.717, 1.165) is 37.2 Å². The number of thioether (sulfide) groups is 2. The molecule has 0 aliphatic rings. The van der Waals surface area contributed by atoms with Crippen LogP contribution in [0.1, 0.15) is 23.2 Å². The molecular formula is C17H26N2O5S2. The lowest BCUT2D eigenvalue weighted by atomic mass is 10.2. The van der Waals surface area contributed by atoms with E-state index in [4.69, 9.17) is 24.9 Å². The number of carbonyl (C=O) groups excluding carboxylic acids is 5. The highest BCUT2D eigenvalue weighted by Gasteiger charge is 2.01. The number of hydrogen-bond donors (Lipinski definition) is 2. The molecule has 3 N–H and O–H groups in total. The molecule has 0 unspecified atom stereocenters. The minimum absolute atomic E-state index is 0.0201. The van der Waals surface area contributed by atoms with Crippen LogP contribution >= 0.6 is 23.5 Å². The Hall–Kier alpha value is -1.89. The first-order valence-electron chi connectivity index (χ1n) is 7.59. The Balaban J connectivity index is -0.000000366. The number of benzene rings is 1. The molecule has 0 bridgehead atoms. The van der Waals surface area contributed by atoms with Gasteiger partial charge in [-0.2, -0.15) is 42.7 Å². The molecule has 0 aromatic heterocycles. The van der Waals surface area contributed by atoms with Crippen molar-refractivity contribution in [2.24, 2.45) is 5.73 Å². The van der Waals surface area contributed by atoms with Gasteiger partial charge >= 0.3 is 12.3 Å². The summed E-state index contributed by atoms with van der Waals surface area (Å²) in [6.07, 6.45) is 6.84. The summed E-state index contributed by atoms with van der Waals surface area (Å²) in [5.41, 5.74) is 5.93. The molecule has 9 heteroatoms. The average molecular weight is 403 g/mol. The highest BCUT2D eigenvalue weighted by Crippen LogP contribution is 1.98. The fourth-order valence-electron chi connectivity index (χ4n) is 1.34. The van der Waals surface area contributed by atoms with E-state index in [0.29, 0.717) is 0 Å². The minimum atomic E-state index is 0.0201. The van der Waals surface area contributed by atoms with Crippen LogP contribution in [0, 0.1) is 0 Å². The zero-order chi connectivity index (χ0) is 20.5. The van der Waals surface area contributed by atoms with Gasteiger partial charge in [-0.25, -0.2) is 0 Å². The second-order valence-corrected chi connectivity index (χ2v) is 6.24. The van der Waals surface area contributed by atoms with Crippen molar-refractivity contribution < 1.29 is 24.0 Å². The zero-order valence-corrected chi connectivity index (χ0v) is 16.7. The van der Waals surface area contributed by atoms with Crippen LogP contribution in [0.3, 0.4) is 0 Å². The molecule has 0 fully saturated rings. The molecule has 1 aromatic carbocycles. The molecule has 1 amide bonds. The number of rotatable bonds is 8. The van der Waals surface area contributed by atoms with Crippen molar-refractivity contribution in [2.75, 3.05) is 37.1 Å². The molecule has 0 aliphatic heterocycles. The van der Waals surface area contributed by atoms with Crippen molar-refractivity contribution in [3.8, 4) is 0 Å². The molecule has 7 nitrogen and oxygen atoms in total. The molecule has 0 aliphatic carbocycles. The largest absolute Gasteiger partial charge is 0.373 e. The summed E-state index contributed by atoms with van der Waals surface area (Å²) in [5.74, 6) is 2.32. The van der Waals surface area contributed by atoms with Gasteiger partial charge in [-0.15, -0.1) is 0 Å². The maximum atomic E-state index is 11.5. The minimum Gasteiger partial charge on any atom is -0.352 e. The molecular weight excluding hydrogens is 376 g/mol. The van der Waals surface area contributed by atoms with E-state index < -0.39 is 0 Å². The molecule has 0 radical (unpaired) electrons. The molecule has 26 heavy (non-hydrogen) atoms. The lowest BCUT2D eigenvalue weighted by Crippen LogP contribution is -2.24. The predicted molar refractivity (Wildman–Crippen MR) is 104 cm³/mol. The summed E-state index contributed by atoms with van der Waals surface area (Å²) in [6, 6.07) is 9.30. The van der Waals surface area contributed by atoms with E-state index in [9.17, 15) is 4.79 Å².